The number of esters is 1. The normalized spacial score (nSPS) is 10.6. The Morgan fingerprint density at radius 3 is 1.61 bits per heavy atom. The summed E-state index contributed by atoms with van der Waals surface area (Å²) in [5, 5.41) is 10.5. The van der Waals surface area contributed by atoms with Gasteiger partial charge in [0.2, 0.25) is 23.5 Å². The van der Waals surface area contributed by atoms with Gasteiger partial charge in [-0.1, -0.05) is 6.58 Å². The third-order valence-electron chi connectivity index (χ3n) is 3.23. The zero-order valence-electron chi connectivity index (χ0n) is 21.2. The van der Waals surface area contributed by atoms with Crippen LogP contribution in [0.1, 0.15) is 39.2 Å². The van der Waals surface area contributed by atoms with Gasteiger partial charge >= 0.3 is 11.9 Å². The first-order chi connectivity index (χ1) is 17.5. The summed E-state index contributed by atoms with van der Waals surface area (Å²) in [7, 11) is 2.97. The van der Waals surface area contributed by atoms with E-state index in [-0.39, 0.29) is 5.91 Å². The molecule has 0 atom stereocenters. The molecule has 0 aromatic heterocycles. The average molecular weight is 568 g/mol. The van der Waals surface area contributed by atoms with E-state index in [2.05, 4.69) is 43.5 Å². The molecule has 11 nitrogen and oxygen atoms in total. The number of isothiocyanates is 1. The molecule has 1 aliphatic rings. The van der Waals surface area contributed by atoms with Crippen LogP contribution in [0.3, 0.4) is 0 Å². The number of isocyanates is 1. The number of hydroxylamine groups is 2. The Labute approximate surface area is 220 Å². The van der Waals surface area contributed by atoms with E-state index in [1.54, 1.807) is 7.05 Å². The quantitative estimate of drug-likeness (QED) is 0.107. The van der Waals surface area contributed by atoms with Gasteiger partial charge in [-0.25, -0.2) is 28.4 Å². The lowest BCUT2D eigenvalue weighted by Crippen LogP contribution is -2.25. The molecule has 1 aromatic carbocycles. The van der Waals surface area contributed by atoms with Crippen molar-refractivity contribution in [3.8, 4) is 5.75 Å². The molecule has 1 aromatic rings. The van der Waals surface area contributed by atoms with Gasteiger partial charge in [0.05, 0.1) is 10.9 Å². The summed E-state index contributed by atoms with van der Waals surface area (Å²) < 4.78 is 55.9. The molecule has 0 radical (unpaired) electrons. The van der Waals surface area contributed by atoms with E-state index in [0.717, 1.165) is 25.8 Å². The number of carboxylic acids is 1. The van der Waals surface area contributed by atoms with Crippen LogP contribution in [0.4, 0.5) is 17.6 Å². The molecule has 2 rings (SSSR count). The van der Waals surface area contributed by atoms with E-state index in [0.29, 0.717) is 18.5 Å². The van der Waals surface area contributed by atoms with Crippen LogP contribution in [0.2, 0.25) is 0 Å². The van der Waals surface area contributed by atoms with Crippen LogP contribution in [-0.4, -0.2) is 59.3 Å². The predicted octanol–water partition coefficient (Wildman–Crippen LogP) is 3.84. The molecule has 0 unspecified atom stereocenters. The van der Waals surface area contributed by atoms with Crippen molar-refractivity contribution in [2.75, 3.05) is 14.1 Å². The van der Waals surface area contributed by atoms with Crippen molar-refractivity contribution in [1.82, 2.24) is 5.06 Å². The van der Waals surface area contributed by atoms with Gasteiger partial charge in [0, 0.05) is 46.9 Å². The van der Waals surface area contributed by atoms with Crippen LogP contribution in [0.5, 0.6) is 5.75 Å². The Hall–Kier alpha value is -4.26. The van der Waals surface area contributed by atoms with E-state index in [1.165, 1.54) is 20.1 Å². The van der Waals surface area contributed by atoms with Gasteiger partial charge in [0.25, 0.3) is 11.9 Å². The number of hydrogen-bond donors (Lipinski definition) is 1. The van der Waals surface area contributed by atoms with Crippen molar-refractivity contribution in [2.24, 2.45) is 9.98 Å². The number of ether oxygens (including phenoxy) is 1. The van der Waals surface area contributed by atoms with Gasteiger partial charge in [-0.15, -0.1) is 5.06 Å². The largest absolute Gasteiger partial charge is 0.481 e. The Bertz CT molecular complexity index is 1050. The lowest BCUT2D eigenvalue weighted by molar-refractivity contribution is -0.184. The van der Waals surface area contributed by atoms with Crippen LogP contribution < -0.4 is 4.74 Å². The van der Waals surface area contributed by atoms with Crippen molar-refractivity contribution in [1.29, 1.82) is 0 Å². The predicted molar refractivity (Wildman–Crippen MR) is 128 cm³/mol. The average Bonchev–Trinajstić information content (AvgIpc) is 3.16. The Balaban J connectivity index is -0.000000464. The molecule has 1 fully saturated rings. The molecule has 0 saturated carbocycles. The van der Waals surface area contributed by atoms with Gasteiger partial charge in [0.15, 0.2) is 11.6 Å². The summed E-state index contributed by atoms with van der Waals surface area (Å²) in [6.07, 6.45) is 2.26. The molecule has 1 N–H and O–H groups in total. The number of carbonyl (C=O) groups excluding carboxylic acids is 4. The highest BCUT2D eigenvalue weighted by atomic mass is 32.1. The van der Waals surface area contributed by atoms with E-state index in [1.807, 2.05) is 0 Å². The number of carboxylic acid groups (broad SMARTS) is 1. The molecular formula is C22H25F4N3O8S. The molecule has 0 aliphatic carbocycles. The fraction of sp³-hybridized carbons (Fsp3) is 0.364. The number of aliphatic imine (C=N–C) groups is 2. The second kappa shape index (κ2) is 20.9. The minimum absolute atomic E-state index is 0.204. The fourth-order valence-corrected chi connectivity index (χ4v) is 1.83. The third kappa shape index (κ3) is 16.4. The minimum atomic E-state index is -1.72. The smallest absolute Gasteiger partial charge is 0.330 e. The maximum Gasteiger partial charge on any atom is 0.330 e. The number of aliphatic carboxylic acids is 1. The van der Waals surface area contributed by atoms with Crippen molar-refractivity contribution in [3.05, 3.63) is 41.1 Å². The summed E-state index contributed by atoms with van der Waals surface area (Å²) in [6.45, 7) is 7.62. The molecular weight excluding hydrogens is 542 g/mol. The number of amides is 1. The highest BCUT2D eigenvalue weighted by Crippen LogP contribution is 2.29. The number of thiocarbonyl (C=S) groups is 1. The molecule has 210 valence electrons. The number of carbonyl (C=O) groups is 4. The highest BCUT2D eigenvalue weighted by molar-refractivity contribution is 7.78. The lowest BCUT2D eigenvalue weighted by Gasteiger charge is -2.13. The van der Waals surface area contributed by atoms with Crippen LogP contribution in [-0.2, 0) is 28.8 Å². The first kappa shape index (κ1) is 38.3. The summed E-state index contributed by atoms with van der Waals surface area (Å²) in [4.78, 5) is 60.5. The van der Waals surface area contributed by atoms with Crippen molar-refractivity contribution in [3.63, 3.8) is 0 Å². The monoisotopic (exact) mass is 567 g/mol. The minimum Gasteiger partial charge on any atom is -0.481 e. The van der Waals surface area contributed by atoms with Gasteiger partial charge in [-0.2, -0.15) is 8.78 Å². The summed E-state index contributed by atoms with van der Waals surface area (Å²) >= 11 is 4.14. The molecule has 0 bridgehead atoms. The molecule has 1 amide bonds. The van der Waals surface area contributed by atoms with E-state index in [4.69, 9.17) is 14.7 Å². The SMILES string of the molecule is C=C1CCC(=O)N1OC(C)=O.CC(=O)O.CC(=O)Oc1c(F)c(F)c(C)c(F)c1F.CN=C=O.CN=C=S. The maximum absolute atomic E-state index is 13.0. The highest BCUT2D eigenvalue weighted by Gasteiger charge is 2.27. The number of benzene rings is 1. The molecule has 38 heavy (non-hydrogen) atoms. The second-order valence-electron chi connectivity index (χ2n) is 6.29. The lowest BCUT2D eigenvalue weighted by atomic mass is 10.2. The summed E-state index contributed by atoms with van der Waals surface area (Å²) in [6, 6.07) is 0. The van der Waals surface area contributed by atoms with Gasteiger partial charge < -0.3 is 14.7 Å². The van der Waals surface area contributed by atoms with E-state index in [9.17, 15) is 31.9 Å². The summed E-state index contributed by atoms with van der Waals surface area (Å²) in [5.74, 6) is -10.6. The van der Waals surface area contributed by atoms with Gasteiger partial charge in [0.1, 0.15) is 0 Å². The van der Waals surface area contributed by atoms with Crippen LogP contribution >= 0.6 is 12.2 Å². The first-order valence-corrected chi connectivity index (χ1v) is 10.3. The number of allylic oxidation sites excluding steroid dienone is 1. The number of rotatable bonds is 2. The Morgan fingerprint density at radius 1 is 0.974 bits per heavy atom. The molecule has 0 spiro atoms. The molecule has 16 heteroatoms. The molecule has 1 aliphatic heterocycles. The van der Waals surface area contributed by atoms with Crippen LogP contribution in [0, 0.1) is 30.2 Å². The van der Waals surface area contributed by atoms with Crippen LogP contribution in [0.25, 0.3) is 0 Å². The standard InChI is InChI=1S/C9H6F4O2.C7H9NO3.C2H3NO.C2H3NS.C2H4O2/c1-3-5(10)7(12)9(15-4(2)14)8(13)6(3)11;1-5-3-4-7(10)8(5)11-6(2)9;2*1-3-2-4;1-2(3)4/h1-2H3;1,3-4H2,2H3;2*1H3;1H3,(H,3,4). The van der Waals surface area contributed by atoms with E-state index >= 15 is 0 Å². The van der Waals surface area contributed by atoms with Gasteiger partial charge in [-0.05, 0) is 25.6 Å². The number of hydrogen-bond acceptors (Lipinski definition) is 10. The van der Waals surface area contributed by atoms with Crippen LogP contribution in [0.15, 0.2) is 22.3 Å². The molecule has 1 saturated heterocycles. The van der Waals surface area contributed by atoms with Crippen molar-refractivity contribution < 1.29 is 56.2 Å². The zero-order chi connectivity index (χ0) is 30.6. The second-order valence-corrected chi connectivity index (χ2v) is 6.47. The fourth-order valence-electron chi connectivity index (χ4n) is 1.83. The summed E-state index contributed by atoms with van der Waals surface area (Å²) in [5.41, 5.74) is -0.258. The molecule has 1 heterocycles. The zero-order valence-corrected chi connectivity index (χ0v) is 22.0. The number of nitrogens with zero attached hydrogens (tertiary/aromatic N) is 3. The van der Waals surface area contributed by atoms with E-state index < -0.39 is 52.5 Å². The van der Waals surface area contributed by atoms with Crippen molar-refractivity contribution in [2.45, 2.75) is 40.5 Å². The maximum atomic E-state index is 13.0. The Kier molecular flexibility index (Phi) is 21.0. The first-order valence-electron chi connectivity index (χ1n) is 9.85. The topological polar surface area (TPSA) is 152 Å². The van der Waals surface area contributed by atoms with Gasteiger partial charge in [-0.3, -0.25) is 14.4 Å². The number of halogens is 4. The third-order valence-corrected chi connectivity index (χ3v) is 3.41. The van der Waals surface area contributed by atoms with Crippen molar-refractivity contribution >= 4 is 47.3 Å². The Morgan fingerprint density at radius 2 is 1.37 bits per heavy atom.